The van der Waals surface area contributed by atoms with Crippen LogP contribution in [-0.4, -0.2) is 37.7 Å². The molecule has 0 aliphatic carbocycles. The highest BCUT2D eigenvalue weighted by atomic mass is 35.5. The molecule has 0 radical (unpaired) electrons. The maximum Gasteiger partial charge on any atom is 0.118 e. The van der Waals surface area contributed by atoms with Crippen molar-refractivity contribution in [1.29, 1.82) is 0 Å². The van der Waals surface area contributed by atoms with Gasteiger partial charge in [0.2, 0.25) is 0 Å². The third-order valence-corrected chi connectivity index (χ3v) is 4.27. The number of ether oxygens (including phenoxy) is 1. The highest BCUT2D eigenvalue weighted by Crippen LogP contribution is 2.27. The van der Waals surface area contributed by atoms with E-state index in [0.29, 0.717) is 6.04 Å². The molecule has 1 saturated heterocycles. The number of nitrogens with two attached hydrogens (primary N) is 1. The molecule has 2 rings (SSSR count). The predicted octanol–water partition coefficient (Wildman–Crippen LogP) is 2.72. The van der Waals surface area contributed by atoms with Gasteiger partial charge in [0.15, 0.2) is 0 Å². The molecule has 0 spiro atoms. The van der Waals surface area contributed by atoms with E-state index >= 15 is 0 Å². The molecule has 0 amide bonds. The van der Waals surface area contributed by atoms with Crippen LogP contribution >= 0.6 is 12.4 Å². The number of hydrogen-bond acceptors (Lipinski definition) is 3. The number of halogens is 1. The van der Waals surface area contributed by atoms with Gasteiger partial charge in [-0.15, -0.1) is 12.4 Å². The van der Waals surface area contributed by atoms with Crippen LogP contribution in [0.5, 0.6) is 5.75 Å². The third kappa shape index (κ3) is 4.37. The van der Waals surface area contributed by atoms with Gasteiger partial charge in [-0.2, -0.15) is 0 Å². The quantitative estimate of drug-likeness (QED) is 0.929. The van der Waals surface area contributed by atoms with E-state index < -0.39 is 0 Å². The second-order valence-electron chi connectivity index (χ2n) is 6.26. The largest absolute Gasteiger partial charge is 0.497 e. The summed E-state index contributed by atoms with van der Waals surface area (Å²) in [6, 6.07) is 8.71. The van der Waals surface area contributed by atoms with Crippen molar-refractivity contribution in [2.45, 2.75) is 32.7 Å². The van der Waals surface area contributed by atoms with Crippen molar-refractivity contribution in [1.82, 2.24) is 4.90 Å². The van der Waals surface area contributed by atoms with Crippen LogP contribution < -0.4 is 10.5 Å². The summed E-state index contributed by atoms with van der Waals surface area (Å²) in [4.78, 5) is 2.54. The Hall–Kier alpha value is -0.770. The van der Waals surface area contributed by atoms with Crippen molar-refractivity contribution >= 4 is 12.4 Å². The van der Waals surface area contributed by atoms with Crippen LogP contribution in [0.25, 0.3) is 0 Å². The molecule has 114 valence electrons. The van der Waals surface area contributed by atoms with Gasteiger partial charge in [-0.3, -0.25) is 0 Å². The molecule has 1 fully saturated rings. The molecule has 3 nitrogen and oxygen atoms in total. The van der Waals surface area contributed by atoms with Crippen molar-refractivity contribution < 1.29 is 4.74 Å². The lowest BCUT2D eigenvalue weighted by Gasteiger charge is -2.42. The van der Waals surface area contributed by atoms with Gasteiger partial charge in [-0.1, -0.05) is 26.0 Å². The fourth-order valence-corrected chi connectivity index (χ4v) is 2.76. The van der Waals surface area contributed by atoms with E-state index in [-0.39, 0.29) is 17.8 Å². The zero-order valence-electron chi connectivity index (χ0n) is 12.8. The summed E-state index contributed by atoms with van der Waals surface area (Å²) in [7, 11) is 1.70. The first-order valence-electron chi connectivity index (χ1n) is 7.12. The number of nitrogens with zero attached hydrogens (tertiary/aromatic N) is 1. The maximum absolute atomic E-state index is 6.17. The molecule has 1 atom stereocenters. The predicted molar refractivity (Wildman–Crippen MR) is 86.8 cm³/mol. The van der Waals surface area contributed by atoms with Gasteiger partial charge in [-0.05, 0) is 42.5 Å². The third-order valence-electron chi connectivity index (χ3n) is 4.27. The summed E-state index contributed by atoms with van der Waals surface area (Å²) in [6.45, 7) is 7.89. The van der Waals surface area contributed by atoms with Crippen molar-refractivity contribution in [3.05, 3.63) is 29.8 Å². The van der Waals surface area contributed by atoms with Crippen LogP contribution in [0, 0.1) is 5.41 Å². The Balaban J connectivity index is 0.00000200. The number of piperidine rings is 1. The van der Waals surface area contributed by atoms with E-state index in [1.807, 2.05) is 12.1 Å². The van der Waals surface area contributed by atoms with Gasteiger partial charge < -0.3 is 15.4 Å². The van der Waals surface area contributed by atoms with Crippen LogP contribution in [0.4, 0.5) is 0 Å². The zero-order chi connectivity index (χ0) is 13.9. The molecule has 1 aromatic carbocycles. The van der Waals surface area contributed by atoms with Gasteiger partial charge in [0.05, 0.1) is 7.11 Å². The number of hydrogen-bond donors (Lipinski definition) is 1. The van der Waals surface area contributed by atoms with E-state index in [0.717, 1.165) is 38.2 Å². The maximum atomic E-state index is 6.17. The second kappa shape index (κ2) is 7.30. The monoisotopic (exact) mass is 298 g/mol. The Kier molecular flexibility index (Phi) is 6.31. The minimum atomic E-state index is 0. The van der Waals surface area contributed by atoms with E-state index in [9.17, 15) is 0 Å². The highest BCUT2D eigenvalue weighted by Gasteiger charge is 2.32. The number of methoxy groups -OCH3 is 1. The number of rotatable bonds is 4. The van der Waals surface area contributed by atoms with Gasteiger partial charge in [0.1, 0.15) is 5.75 Å². The van der Waals surface area contributed by atoms with Gasteiger partial charge in [0.25, 0.3) is 0 Å². The molecule has 2 N–H and O–H groups in total. The summed E-state index contributed by atoms with van der Waals surface area (Å²) in [5.41, 5.74) is 7.78. The summed E-state index contributed by atoms with van der Waals surface area (Å²) in [6.07, 6.45) is 2.20. The molecule has 1 aliphatic rings. The minimum absolute atomic E-state index is 0. The van der Waals surface area contributed by atoms with Crippen LogP contribution in [0.2, 0.25) is 0 Å². The lowest BCUT2D eigenvalue weighted by molar-refractivity contribution is 0.0965. The standard InChI is InChI=1S/C16H26N2O.ClH/c1-16(2)12-18(11-9-15(16)17)10-8-13-4-6-14(19-3)7-5-13;/h4-7,15H,8-12,17H2,1-3H3;1H. The fourth-order valence-electron chi connectivity index (χ4n) is 2.76. The van der Waals surface area contributed by atoms with E-state index in [2.05, 4.69) is 30.9 Å². The molecule has 1 heterocycles. The van der Waals surface area contributed by atoms with E-state index in [1.165, 1.54) is 5.56 Å². The smallest absolute Gasteiger partial charge is 0.118 e. The van der Waals surface area contributed by atoms with Crippen molar-refractivity contribution in [2.24, 2.45) is 11.1 Å². The van der Waals surface area contributed by atoms with Gasteiger partial charge >= 0.3 is 0 Å². The number of benzene rings is 1. The number of likely N-dealkylation sites (tertiary alicyclic amines) is 1. The molecule has 1 unspecified atom stereocenters. The molecule has 20 heavy (non-hydrogen) atoms. The van der Waals surface area contributed by atoms with Crippen molar-refractivity contribution in [3.63, 3.8) is 0 Å². The Labute approximate surface area is 128 Å². The van der Waals surface area contributed by atoms with E-state index in [1.54, 1.807) is 7.11 Å². The SMILES string of the molecule is COc1ccc(CCN2CCC(N)C(C)(C)C2)cc1.Cl. The Bertz CT molecular complexity index is 405. The molecular weight excluding hydrogens is 272 g/mol. The molecular formula is C16H27ClN2O. The molecule has 0 aromatic heterocycles. The zero-order valence-corrected chi connectivity index (χ0v) is 13.6. The molecule has 1 aliphatic heterocycles. The van der Waals surface area contributed by atoms with Crippen LogP contribution in [-0.2, 0) is 6.42 Å². The Morgan fingerprint density at radius 2 is 1.95 bits per heavy atom. The second-order valence-corrected chi connectivity index (χ2v) is 6.26. The topological polar surface area (TPSA) is 38.5 Å². The molecule has 0 bridgehead atoms. The fraction of sp³-hybridized carbons (Fsp3) is 0.625. The van der Waals surface area contributed by atoms with Crippen LogP contribution in [0.1, 0.15) is 25.8 Å². The van der Waals surface area contributed by atoms with Gasteiger partial charge in [0, 0.05) is 19.1 Å². The lowest BCUT2D eigenvalue weighted by Crippen LogP contribution is -2.52. The first-order valence-corrected chi connectivity index (χ1v) is 7.12. The summed E-state index contributed by atoms with van der Waals surface area (Å²) < 4.78 is 5.18. The first-order chi connectivity index (χ1) is 9.01. The minimum Gasteiger partial charge on any atom is -0.497 e. The average molecular weight is 299 g/mol. The van der Waals surface area contributed by atoms with Gasteiger partial charge in [-0.25, -0.2) is 0 Å². The average Bonchev–Trinajstić information content (AvgIpc) is 2.40. The Morgan fingerprint density at radius 1 is 1.30 bits per heavy atom. The lowest BCUT2D eigenvalue weighted by atomic mass is 9.79. The summed E-state index contributed by atoms with van der Waals surface area (Å²) in [5.74, 6) is 0.925. The highest BCUT2D eigenvalue weighted by molar-refractivity contribution is 5.85. The van der Waals surface area contributed by atoms with Crippen molar-refractivity contribution in [2.75, 3.05) is 26.7 Å². The van der Waals surface area contributed by atoms with E-state index in [4.69, 9.17) is 10.5 Å². The normalized spacial score (nSPS) is 22.1. The van der Waals surface area contributed by atoms with Crippen molar-refractivity contribution in [3.8, 4) is 5.75 Å². The first kappa shape index (κ1) is 17.3. The van der Waals surface area contributed by atoms with Crippen LogP contribution in [0.3, 0.4) is 0 Å². The summed E-state index contributed by atoms with van der Waals surface area (Å²) >= 11 is 0. The van der Waals surface area contributed by atoms with Crippen LogP contribution in [0.15, 0.2) is 24.3 Å². The molecule has 4 heteroatoms. The Morgan fingerprint density at radius 3 is 2.50 bits per heavy atom. The molecule has 0 saturated carbocycles. The molecule has 1 aromatic rings. The summed E-state index contributed by atoms with van der Waals surface area (Å²) in [5, 5.41) is 0.